The lowest BCUT2D eigenvalue weighted by atomic mass is 10.1. The summed E-state index contributed by atoms with van der Waals surface area (Å²) in [6, 6.07) is 26.4. The van der Waals surface area contributed by atoms with Gasteiger partial charge in [-0.05, 0) is 29.8 Å². The number of carbonyl (C=O) groups is 1. The summed E-state index contributed by atoms with van der Waals surface area (Å²) in [6.07, 6.45) is 0. The van der Waals surface area contributed by atoms with E-state index in [0.29, 0.717) is 6.54 Å². The number of rotatable bonds is 5. The Morgan fingerprint density at radius 1 is 0.839 bits per heavy atom. The molecule has 3 aromatic carbocycles. The summed E-state index contributed by atoms with van der Waals surface area (Å²) in [5.74, 6) is 0.122. The van der Waals surface area contributed by atoms with Crippen molar-refractivity contribution >= 4 is 16.9 Å². The number of hydrogen-bond acceptors (Lipinski definition) is 3. The molecular weight excluding hydrogens is 386 g/mol. The predicted molar refractivity (Wildman–Crippen MR) is 120 cm³/mol. The number of quaternary nitrogens is 1. The Morgan fingerprint density at radius 2 is 1.55 bits per heavy atom. The summed E-state index contributed by atoms with van der Waals surface area (Å²) in [7, 11) is 0. The second-order valence-electron chi connectivity index (χ2n) is 8.14. The van der Waals surface area contributed by atoms with Crippen molar-refractivity contribution in [2.24, 2.45) is 0 Å². The fourth-order valence-corrected chi connectivity index (χ4v) is 4.23. The van der Waals surface area contributed by atoms with Gasteiger partial charge in [0.1, 0.15) is 12.1 Å². The molecule has 1 N–H and O–H groups in total. The van der Waals surface area contributed by atoms with Crippen molar-refractivity contribution < 1.29 is 9.69 Å². The fourth-order valence-electron chi connectivity index (χ4n) is 4.23. The molecule has 1 aromatic heterocycles. The number of hydrogen-bond donors (Lipinski definition) is 1. The highest BCUT2D eigenvalue weighted by Crippen LogP contribution is 2.14. The SMILES string of the molecule is O=C(c1ccc(Cn2nnc3ccccc32)cc1)N1CC[NH+](Cc2ccccc2)CC1. The number of piperazine rings is 1. The van der Waals surface area contributed by atoms with Crippen molar-refractivity contribution in [1.82, 2.24) is 19.9 Å². The van der Waals surface area contributed by atoms with Crippen molar-refractivity contribution in [1.29, 1.82) is 0 Å². The molecule has 0 unspecified atom stereocenters. The molecule has 1 fully saturated rings. The van der Waals surface area contributed by atoms with E-state index in [9.17, 15) is 4.79 Å². The average Bonchev–Trinajstić information content (AvgIpc) is 3.23. The van der Waals surface area contributed by atoms with Gasteiger partial charge in [0.15, 0.2) is 0 Å². The zero-order valence-electron chi connectivity index (χ0n) is 17.4. The molecule has 31 heavy (non-hydrogen) atoms. The number of aromatic nitrogens is 3. The smallest absolute Gasteiger partial charge is 0.254 e. The highest BCUT2D eigenvalue weighted by atomic mass is 16.2. The molecule has 0 aliphatic carbocycles. The molecule has 0 bridgehead atoms. The van der Waals surface area contributed by atoms with Gasteiger partial charge in [-0.3, -0.25) is 4.79 Å². The van der Waals surface area contributed by atoms with Crippen LogP contribution in [0.25, 0.3) is 11.0 Å². The molecule has 0 atom stereocenters. The normalized spacial score (nSPS) is 14.8. The van der Waals surface area contributed by atoms with Crippen LogP contribution in [0.5, 0.6) is 0 Å². The lowest BCUT2D eigenvalue weighted by Crippen LogP contribution is -3.13. The van der Waals surface area contributed by atoms with Crippen LogP contribution in [0.15, 0.2) is 78.9 Å². The topological polar surface area (TPSA) is 55.5 Å². The van der Waals surface area contributed by atoms with E-state index in [1.807, 2.05) is 58.1 Å². The number of para-hydroxylation sites is 1. The van der Waals surface area contributed by atoms with Gasteiger partial charge in [0.05, 0.1) is 38.2 Å². The number of amides is 1. The molecule has 1 aliphatic rings. The van der Waals surface area contributed by atoms with Crippen molar-refractivity contribution in [3.63, 3.8) is 0 Å². The minimum absolute atomic E-state index is 0.122. The monoisotopic (exact) mass is 412 g/mol. The van der Waals surface area contributed by atoms with Crippen molar-refractivity contribution in [2.45, 2.75) is 13.1 Å². The Hall–Kier alpha value is -3.51. The highest BCUT2D eigenvalue weighted by molar-refractivity contribution is 5.94. The van der Waals surface area contributed by atoms with E-state index in [1.165, 1.54) is 10.5 Å². The molecule has 4 aromatic rings. The van der Waals surface area contributed by atoms with Gasteiger partial charge >= 0.3 is 0 Å². The summed E-state index contributed by atoms with van der Waals surface area (Å²) in [5.41, 5.74) is 5.11. The summed E-state index contributed by atoms with van der Waals surface area (Å²) in [6.45, 7) is 5.22. The van der Waals surface area contributed by atoms with Crippen LogP contribution in [0.1, 0.15) is 21.5 Å². The van der Waals surface area contributed by atoms with Crippen LogP contribution >= 0.6 is 0 Å². The first kappa shape index (κ1) is 19.5. The number of benzene rings is 3. The first-order chi connectivity index (χ1) is 15.3. The Labute approximate surface area is 181 Å². The minimum atomic E-state index is 0.122. The van der Waals surface area contributed by atoms with Gasteiger partial charge in [-0.1, -0.05) is 59.8 Å². The first-order valence-corrected chi connectivity index (χ1v) is 10.8. The van der Waals surface area contributed by atoms with Crippen LogP contribution in [0, 0.1) is 0 Å². The van der Waals surface area contributed by atoms with Crippen molar-refractivity contribution in [2.75, 3.05) is 26.2 Å². The third-order valence-electron chi connectivity index (χ3n) is 6.01. The van der Waals surface area contributed by atoms with Gasteiger partial charge in [-0.25, -0.2) is 4.68 Å². The number of nitrogens with one attached hydrogen (secondary N) is 1. The fraction of sp³-hybridized carbons (Fsp3) is 0.240. The van der Waals surface area contributed by atoms with Gasteiger partial charge in [0.2, 0.25) is 0 Å². The van der Waals surface area contributed by atoms with Gasteiger partial charge in [-0.2, -0.15) is 0 Å². The summed E-state index contributed by atoms with van der Waals surface area (Å²) < 4.78 is 1.89. The third-order valence-corrected chi connectivity index (χ3v) is 6.01. The summed E-state index contributed by atoms with van der Waals surface area (Å²) >= 11 is 0. The third kappa shape index (κ3) is 4.34. The van der Waals surface area contributed by atoms with Gasteiger partial charge < -0.3 is 9.80 Å². The van der Waals surface area contributed by atoms with Crippen LogP contribution in [-0.2, 0) is 13.1 Å². The van der Waals surface area contributed by atoms with Crippen LogP contribution in [0.4, 0.5) is 0 Å². The Kier molecular flexibility index (Phi) is 5.46. The largest absolute Gasteiger partial charge is 0.328 e. The van der Waals surface area contributed by atoms with E-state index >= 15 is 0 Å². The second kappa shape index (κ2) is 8.70. The highest BCUT2D eigenvalue weighted by Gasteiger charge is 2.24. The molecule has 6 heteroatoms. The van der Waals surface area contributed by atoms with Crippen LogP contribution in [-0.4, -0.2) is 52.0 Å². The molecule has 6 nitrogen and oxygen atoms in total. The van der Waals surface area contributed by atoms with E-state index in [2.05, 4.69) is 40.6 Å². The zero-order chi connectivity index (χ0) is 21.0. The number of carbonyl (C=O) groups excluding carboxylic acids is 1. The molecule has 5 rings (SSSR count). The van der Waals surface area contributed by atoms with Crippen LogP contribution < -0.4 is 4.90 Å². The number of fused-ring (bicyclic) bond motifs is 1. The Balaban J connectivity index is 1.19. The van der Waals surface area contributed by atoms with Crippen LogP contribution in [0.3, 0.4) is 0 Å². The van der Waals surface area contributed by atoms with E-state index in [0.717, 1.165) is 54.9 Å². The quantitative estimate of drug-likeness (QED) is 0.546. The van der Waals surface area contributed by atoms with Gasteiger partial charge in [0, 0.05) is 11.1 Å². The van der Waals surface area contributed by atoms with E-state index in [4.69, 9.17) is 0 Å². The zero-order valence-corrected chi connectivity index (χ0v) is 17.4. The summed E-state index contributed by atoms with van der Waals surface area (Å²) in [5, 5.41) is 8.45. The Bertz CT molecular complexity index is 1160. The molecular formula is C25H26N5O+. The molecule has 0 radical (unpaired) electrons. The van der Waals surface area contributed by atoms with E-state index < -0.39 is 0 Å². The standard InChI is InChI=1S/C25H25N5O/c31-25(29-16-14-28(15-17-29)18-20-6-2-1-3-7-20)22-12-10-21(11-13-22)19-30-24-9-5-4-8-23(24)26-27-30/h1-13H,14-19H2/p+1. The lowest BCUT2D eigenvalue weighted by molar-refractivity contribution is -0.917. The summed E-state index contributed by atoms with van der Waals surface area (Å²) in [4.78, 5) is 16.5. The first-order valence-electron chi connectivity index (χ1n) is 10.8. The molecule has 2 heterocycles. The maximum Gasteiger partial charge on any atom is 0.254 e. The molecule has 0 saturated carbocycles. The molecule has 1 saturated heterocycles. The van der Waals surface area contributed by atoms with Gasteiger partial charge in [0.25, 0.3) is 5.91 Å². The number of nitrogens with zero attached hydrogens (tertiary/aromatic N) is 4. The lowest BCUT2D eigenvalue weighted by Gasteiger charge is -2.32. The van der Waals surface area contributed by atoms with Crippen molar-refractivity contribution in [3.8, 4) is 0 Å². The van der Waals surface area contributed by atoms with E-state index in [-0.39, 0.29) is 5.91 Å². The average molecular weight is 413 g/mol. The molecule has 0 spiro atoms. The Morgan fingerprint density at radius 3 is 2.32 bits per heavy atom. The second-order valence-corrected chi connectivity index (χ2v) is 8.14. The molecule has 1 amide bonds. The van der Waals surface area contributed by atoms with E-state index in [1.54, 1.807) is 0 Å². The predicted octanol–water partition coefficient (Wildman–Crippen LogP) is 2.02. The van der Waals surface area contributed by atoms with Crippen LogP contribution in [0.2, 0.25) is 0 Å². The minimum Gasteiger partial charge on any atom is -0.328 e. The maximum absolute atomic E-state index is 13.0. The molecule has 156 valence electrons. The van der Waals surface area contributed by atoms with Gasteiger partial charge in [-0.15, -0.1) is 5.10 Å². The van der Waals surface area contributed by atoms with Crippen molar-refractivity contribution in [3.05, 3.63) is 95.6 Å². The maximum atomic E-state index is 13.0. The molecule has 1 aliphatic heterocycles.